The van der Waals surface area contributed by atoms with Gasteiger partial charge in [0.15, 0.2) is 0 Å². The molecule has 1 saturated heterocycles. The Hall–Kier alpha value is -1.78. The summed E-state index contributed by atoms with van der Waals surface area (Å²) in [6.45, 7) is 4.39. The standard InChI is InChI=1S/C18H24N2O2/c1-18(21,17-8-5-13-22-17)14-19-15-9-11-20(12-10-15)16-6-3-2-4-7-16/h2-8,13,15,19,21H,9-12,14H2,1H3. The minimum absolute atomic E-state index is 0.446. The van der Waals surface area contributed by atoms with E-state index in [1.165, 1.54) is 5.69 Å². The van der Waals surface area contributed by atoms with Gasteiger partial charge in [-0.05, 0) is 44.0 Å². The molecule has 4 nitrogen and oxygen atoms in total. The Morgan fingerprint density at radius 3 is 2.55 bits per heavy atom. The summed E-state index contributed by atoms with van der Waals surface area (Å²) in [6.07, 6.45) is 3.77. The van der Waals surface area contributed by atoms with Crippen LogP contribution in [0, 0.1) is 0 Å². The number of piperidine rings is 1. The van der Waals surface area contributed by atoms with Crippen LogP contribution < -0.4 is 10.2 Å². The Labute approximate surface area is 131 Å². The van der Waals surface area contributed by atoms with Crippen LogP contribution in [0.3, 0.4) is 0 Å². The van der Waals surface area contributed by atoms with Crippen molar-refractivity contribution in [1.82, 2.24) is 5.32 Å². The zero-order valence-electron chi connectivity index (χ0n) is 13.0. The SMILES string of the molecule is CC(O)(CNC1CCN(c2ccccc2)CC1)c1ccco1. The van der Waals surface area contributed by atoms with E-state index in [0.717, 1.165) is 25.9 Å². The Morgan fingerprint density at radius 1 is 1.18 bits per heavy atom. The summed E-state index contributed by atoms with van der Waals surface area (Å²) in [7, 11) is 0. The first-order valence-corrected chi connectivity index (χ1v) is 7.95. The van der Waals surface area contributed by atoms with E-state index >= 15 is 0 Å². The monoisotopic (exact) mass is 300 g/mol. The molecule has 1 aliphatic heterocycles. The second-order valence-electron chi connectivity index (χ2n) is 6.23. The average Bonchev–Trinajstić information content (AvgIpc) is 3.10. The largest absolute Gasteiger partial charge is 0.466 e. The average molecular weight is 300 g/mol. The molecule has 1 aliphatic rings. The molecule has 1 unspecified atom stereocenters. The molecule has 2 heterocycles. The maximum atomic E-state index is 10.5. The van der Waals surface area contributed by atoms with Crippen LogP contribution in [0.1, 0.15) is 25.5 Å². The fraction of sp³-hybridized carbons (Fsp3) is 0.444. The molecule has 2 N–H and O–H groups in total. The van der Waals surface area contributed by atoms with Gasteiger partial charge in [-0.3, -0.25) is 0 Å². The van der Waals surface area contributed by atoms with E-state index in [1.807, 2.05) is 12.1 Å². The number of anilines is 1. The maximum absolute atomic E-state index is 10.5. The predicted molar refractivity (Wildman–Crippen MR) is 88.0 cm³/mol. The molecule has 1 fully saturated rings. The van der Waals surface area contributed by atoms with E-state index in [9.17, 15) is 5.11 Å². The summed E-state index contributed by atoms with van der Waals surface area (Å²) in [5, 5.41) is 14.0. The van der Waals surface area contributed by atoms with Gasteiger partial charge in [-0.25, -0.2) is 0 Å². The smallest absolute Gasteiger partial charge is 0.136 e. The van der Waals surface area contributed by atoms with Gasteiger partial charge in [-0.1, -0.05) is 18.2 Å². The van der Waals surface area contributed by atoms with E-state index in [1.54, 1.807) is 13.2 Å². The van der Waals surface area contributed by atoms with Crippen molar-refractivity contribution in [3.63, 3.8) is 0 Å². The fourth-order valence-corrected chi connectivity index (χ4v) is 3.00. The molecule has 0 radical (unpaired) electrons. The van der Waals surface area contributed by atoms with E-state index < -0.39 is 5.60 Å². The summed E-state index contributed by atoms with van der Waals surface area (Å²) in [6, 6.07) is 14.6. The van der Waals surface area contributed by atoms with Crippen LogP contribution in [-0.2, 0) is 5.60 Å². The number of nitrogens with zero attached hydrogens (tertiary/aromatic N) is 1. The summed E-state index contributed by atoms with van der Waals surface area (Å²) in [4.78, 5) is 2.42. The first-order chi connectivity index (χ1) is 10.6. The van der Waals surface area contributed by atoms with E-state index in [-0.39, 0.29) is 0 Å². The second-order valence-corrected chi connectivity index (χ2v) is 6.23. The van der Waals surface area contributed by atoms with E-state index in [2.05, 4.69) is 40.5 Å². The Bertz CT molecular complexity index is 558. The number of para-hydroxylation sites is 1. The number of benzene rings is 1. The molecule has 22 heavy (non-hydrogen) atoms. The van der Waals surface area contributed by atoms with Crippen LogP contribution in [-0.4, -0.2) is 30.8 Å². The number of hydrogen-bond acceptors (Lipinski definition) is 4. The number of furan rings is 1. The predicted octanol–water partition coefficient (Wildman–Crippen LogP) is 2.75. The van der Waals surface area contributed by atoms with Gasteiger partial charge in [-0.2, -0.15) is 0 Å². The highest BCUT2D eigenvalue weighted by Gasteiger charge is 2.28. The van der Waals surface area contributed by atoms with Crippen molar-refractivity contribution in [3.8, 4) is 0 Å². The van der Waals surface area contributed by atoms with Crippen molar-refractivity contribution < 1.29 is 9.52 Å². The highest BCUT2D eigenvalue weighted by molar-refractivity contribution is 5.46. The van der Waals surface area contributed by atoms with Crippen LogP contribution in [0.15, 0.2) is 53.1 Å². The summed E-state index contributed by atoms with van der Waals surface area (Å²) in [5.74, 6) is 0.613. The molecule has 118 valence electrons. The zero-order chi connectivity index (χ0) is 15.4. The van der Waals surface area contributed by atoms with Crippen molar-refractivity contribution in [2.45, 2.75) is 31.4 Å². The fourth-order valence-electron chi connectivity index (χ4n) is 3.00. The third-order valence-corrected chi connectivity index (χ3v) is 4.40. The molecule has 4 heteroatoms. The quantitative estimate of drug-likeness (QED) is 0.891. The summed E-state index contributed by atoms with van der Waals surface area (Å²) >= 11 is 0. The van der Waals surface area contributed by atoms with E-state index in [4.69, 9.17) is 4.42 Å². The minimum Gasteiger partial charge on any atom is -0.466 e. The molecule has 0 bridgehead atoms. The zero-order valence-corrected chi connectivity index (χ0v) is 13.0. The lowest BCUT2D eigenvalue weighted by atomic mass is 10.00. The Kier molecular flexibility index (Phi) is 4.50. The molecule has 1 aromatic heterocycles. The van der Waals surface area contributed by atoms with Crippen LogP contribution in [0.4, 0.5) is 5.69 Å². The van der Waals surface area contributed by atoms with Crippen LogP contribution >= 0.6 is 0 Å². The highest BCUT2D eigenvalue weighted by atomic mass is 16.4. The van der Waals surface area contributed by atoms with Crippen molar-refractivity contribution in [2.75, 3.05) is 24.5 Å². The third kappa shape index (κ3) is 3.51. The van der Waals surface area contributed by atoms with Gasteiger partial charge in [0.2, 0.25) is 0 Å². The van der Waals surface area contributed by atoms with Gasteiger partial charge in [0.1, 0.15) is 11.4 Å². The lowest BCUT2D eigenvalue weighted by molar-refractivity contribution is 0.0308. The van der Waals surface area contributed by atoms with Crippen LogP contribution in [0.5, 0.6) is 0 Å². The molecular weight excluding hydrogens is 276 g/mol. The Balaban J connectivity index is 1.48. The lowest BCUT2D eigenvalue weighted by Gasteiger charge is -2.35. The molecule has 1 atom stereocenters. The van der Waals surface area contributed by atoms with Gasteiger partial charge in [0, 0.05) is 31.4 Å². The molecule has 0 amide bonds. The molecule has 1 aromatic carbocycles. The van der Waals surface area contributed by atoms with Crippen LogP contribution in [0.25, 0.3) is 0 Å². The van der Waals surface area contributed by atoms with Gasteiger partial charge < -0.3 is 19.7 Å². The van der Waals surface area contributed by atoms with E-state index in [0.29, 0.717) is 18.3 Å². The second kappa shape index (κ2) is 6.55. The van der Waals surface area contributed by atoms with Gasteiger partial charge in [0.25, 0.3) is 0 Å². The summed E-state index contributed by atoms with van der Waals surface area (Å²) in [5.41, 5.74) is 0.337. The molecule has 0 spiro atoms. The first kappa shape index (κ1) is 15.1. The normalized spacial score (nSPS) is 19.1. The lowest BCUT2D eigenvalue weighted by Crippen LogP contribution is -2.46. The number of aliphatic hydroxyl groups is 1. The topological polar surface area (TPSA) is 48.6 Å². The minimum atomic E-state index is -0.958. The van der Waals surface area contributed by atoms with Gasteiger partial charge >= 0.3 is 0 Å². The third-order valence-electron chi connectivity index (χ3n) is 4.40. The van der Waals surface area contributed by atoms with Gasteiger partial charge in [-0.15, -0.1) is 0 Å². The molecular formula is C18H24N2O2. The van der Waals surface area contributed by atoms with Crippen LogP contribution in [0.2, 0.25) is 0 Å². The molecule has 0 aliphatic carbocycles. The van der Waals surface area contributed by atoms with Crippen molar-refractivity contribution in [3.05, 3.63) is 54.5 Å². The maximum Gasteiger partial charge on any atom is 0.136 e. The number of nitrogens with one attached hydrogen (secondary N) is 1. The van der Waals surface area contributed by atoms with Crippen molar-refractivity contribution in [2.24, 2.45) is 0 Å². The Morgan fingerprint density at radius 2 is 1.91 bits per heavy atom. The molecule has 0 saturated carbocycles. The molecule has 3 rings (SSSR count). The number of rotatable bonds is 5. The molecule has 2 aromatic rings. The summed E-state index contributed by atoms with van der Waals surface area (Å²) < 4.78 is 5.31. The highest BCUT2D eigenvalue weighted by Crippen LogP contribution is 2.22. The van der Waals surface area contributed by atoms with Crippen molar-refractivity contribution >= 4 is 5.69 Å². The number of hydrogen-bond donors (Lipinski definition) is 2. The van der Waals surface area contributed by atoms with Gasteiger partial charge in [0.05, 0.1) is 6.26 Å². The van der Waals surface area contributed by atoms with Crippen molar-refractivity contribution in [1.29, 1.82) is 0 Å². The first-order valence-electron chi connectivity index (χ1n) is 7.95.